The Balaban J connectivity index is 2.44. The molecule has 1 rings (SSSR count). The van der Waals surface area contributed by atoms with Crippen molar-refractivity contribution in [3.05, 3.63) is 0 Å². The van der Waals surface area contributed by atoms with E-state index in [0.717, 1.165) is 13.0 Å². The zero-order chi connectivity index (χ0) is 9.14. The van der Waals surface area contributed by atoms with Gasteiger partial charge in [-0.15, -0.1) is 0 Å². The van der Waals surface area contributed by atoms with Gasteiger partial charge in [-0.25, -0.2) is 0 Å². The van der Waals surface area contributed by atoms with Gasteiger partial charge in [0.1, 0.15) is 0 Å². The van der Waals surface area contributed by atoms with E-state index in [4.69, 9.17) is 4.74 Å². The molecule has 0 aliphatic carbocycles. The van der Waals surface area contributed by atoms with Gasteiger partial charge in [-0.2, -0.15) is 0 Å². The molecular formula is C10H21NO. The molecule has 0 amide bonds. The summed E-state index contributed by atoms with van der Waals surface area (Å²) >= 11 is 0. The van der Waals surface area contributed by atoms with Crippen LogP contribution in [0.4, 0.5) is 0 Å². The van der Waals surface area contributed by atoms with Gasteiger partial charge in [0.05, 0.1) is 12.2 Å². The van der Waals surface area contributed by atoms with Crippen LogP contribution < -0.4 is 5.32 Å². The quantitative estimate of drug-likeness (QED) is 0.684. The lowest BCUT2D eigenvalue weighted by Crippen LogP contribution is -2.52. The third-order valence-electron chi connectivity index (χ3n) is 2.69. The fraction of sp³-hybridized carbons (Fsp3) is 1.00. The molecule has 1 fully saturated rings. The van der Waals surface area contributed by atoms with Gasteiger partial charge in [-0.3, -0.25) is 0 Å². The Hall–Kier alpha value is -0.0800. The van der Waals surface area contributed by atoms with E-state index in [1.165, 1.54) is 0 Å². The third kappa shape index (κ3) is 2.20. The van der Waals surface area contributed by atoms with Gasteiger partial charge in [0.25, 0.3) is 0 Å². The van der Waals surface area contributed by atoms with Crippen LogP contribution in [0.3, 0.4) is 0 Å². The van der Waals surface area contributed by atoms with Gasteiger partial charge in [0, 0.05) is 12.6 Å². The van der Waals surface area contributed by atoms with Gasteiger partial charge >= 0.3 is 0 Å². The molecule has 1 saturated heterocycles. The van der Waals surface area contributed by atoms with Crippen molar-refractivity contribution in [1.29, 1.82) is 0 Å². The first-order valence-corrected chi connectivity index (χ1v) is 5.04. The minimum Gasteiger partial charge on any atom is -0.372 e. The third-order valence-corrected chi connectivity index (χ3v) is 2.69. The van der Waals surface area contributed by atoms with Crippen molar-refractivity contribution in [1.82, 2.24) is 5.32 Å². The summed E-state index contributed by atoms with van der Waals surface area (Å²) in [6.07, 6.45) is 1.93. The Kier molecular flexibility index (Phi) is 3.53. The summed E-state index contributed by atoms with van der Waals surface area (Å²) in [4.78, 5) is 0. The molecule has 2 nitrogen and oxygen atoms in total. The molecule has 72 valence electrons. The fourth-order valence-corrected chi connectivity index (χ4v) is 1.67. The zero-order valence-corrected chi connectivity index (χ0v) is 8.63. The maximum atomic E-state index is 5.95. The summed E-state index contributed by atoms with van der Waals surface area (Å²) in [7, 11) is 0. The number of ether oxygens (including phenoxy) is 1. The lowest BCUT2D eigenvalue weighted by Gasteiger charge is -2.37. The van der Waals surface area contributed by atoms with Gasteiger partial charge < -0.3 is 10.1 Å². The number of morpholine rings is 1. The molecule has 0 aromatic rings. The Morgan fingerprint density at radius 3 is 2.67 bits per heavy atom. The molecule has 3 atom stereocenters. The molecule has 0 aromatic heterocycles. The molecule has 1 aliphatic rings. The van der Waals surface area contributed by atoms with Crippen molar-refractivity contribution in [2.75, 3.05) is 6.54 Å². The summed E-state index contributed by atoms with van der Waals surface area (Å²) in [6.45, 7) is 9.83. The van der Waals surface area contributed by atoms with Crippen LogP contribution in [0.5, 0.6) is 0 Å². The van der Waals surface area contributed by atoms with Gasteiger partial charge in [-0.1, -0.05) is 20.8 Å². The molecule has 1 heterocycles. The second kappa shape index (κ2) is 4.24. The topological polar surface area (TPSA) is 21.3 Å². The predicted octanol–water partition coefficient (Wildman–Crippen LogP) is 1.80. The summed E-state index contributed by atoms with van der Waals surface area (Å²) in [6, 6.07) is 0.519. The van der Waals surface area contributed by atoms with Crippen molar-refractivity contribution in [2.24, 2.45) is 5.92 Å². The summed E-state index contributed by atoms with van der Waals surface area (Å²) in [5.41, 5.74) is 0. The minimum atomic E-state index is 0.408. The Labute approximate surface area is 75.7 Å². The molecule has 0 radical (unpaired) electrons. The summed E-state index contributed by atoms with van der Waals surface area (Å²) in [5.74, 6) is 0.624. The maximum Gasteiger partial charge on any atom is 0.0727 e. The van der Waals surface area contributed by atoms with Crippen molar-refractivity contribution in [3.63, 3.8) is 0 Å². The standard InChI is InChI=1S/C10H21NO/c1-5-9-8(4)11-6-10(12-9)7(2)3/h7-11H,5-6H2,1-4H3. The second-order valence-corrected chi connectivity index (χ2v) is 4.06. The van der Waals surface area contributed by atoms with Crippen LogP contribution in [-0.2, 0) is 4.74 Å². The molecule has 0 saturated carbocycles. The minimum absolute atomic E-state index is 0.408. The van der Waals surface area contributed by atoms with Crippen molar-refractivity contribution in [3.8, 4) is 0 Å². The Bertz CT molecular complexity index is 136. The largest absolute Gasteiger partial charge is 0.372 e. The molecule has 0 bridgehead atoms. The maximum absolute atomic E-state index is 5.95. The first-order chi connectivity index (χ1) is 5.65. The van der Waals surface area contributed by atoms with E-state index in [1.807, 2.05) is 0 Å². The van der Waals surface area contributed by atoms with Gasteiger partial charge in [0.2, 0.25) is 0 Å². The average Bonchev–Trinajstić information content (AvgIpc) is 2.05. The van der Waals surface area contributed by atoms with E-state index in [1.54, 1.807) is 0 Å². The lowest BCUT2D eigenvalue weighted by atomic mass is 10.0. The molecule has 0 aromatic carbocycles. The Morgan fingerprint density at radius 1 is 1.50 bits per heavy atom. The van der Waals surface area contributed by atoms with Crippen molar-refractivity contribution < 1.29 is 4.74 Å². The first kappa shape index (κ1) is 10.0. The monoisotopic (exact) mass is 171 g/mol. The van der Waals surface area contributed by atoms with E-state index in [2.05, 4.69) is 33.0 Å². The SMILES string of the molecule is CCC1OC(C(C)C)CNC1C. The number of hydrogen-bond donors (Lipinski definition) is 1. The summed E-state index contributed by atoms with van der Waals surface area (Å²) in [5, 5.41) is 3.49. The molecule has 3 unspecified atom stereocenters. The smallest absolute Gasteiger partial charge is 0.0727 e. The number of nitrogens with one attached hydrogen (secondary N) is 1. The molecule has 1 N–H and O–H groups in total. The van der Waals surface area contributed by atoms with Crippen LogP contribution >= 0.6 is 0 Å². The molecule has 0 spiro atoms. The molecular weight excluding hydrogens is 150 g/mol. The first-order valence-electron chi connectivity index (χ1n) is 5.04. The highest BCUT2D eigenvalue weighted by Crippen LogP contribution is 2.17. The van der Waals surface area contributed by atoms with E-state index >= 15 is 0 Å². The highest BCUT2D eigenvalue weighted by molar-refractivity contribution is 4.81. The van der Waals surface area contributed by atoms with Crippen LogP contribution in [0, 0.1) is 5.92 Å². The van der Waals surface area contributed by atoms with Gasteiger partial charge in [-0.05, 0) is 19.3 Å². The van der Waals surface area contributed by atoms with E-state index in [9.17, 15) is 0 Å². The number of hydrogen-bond acceptors (Lipinski definition) is 2. The van der Waals surface area contributed by atoms with Crippen molar-refractivity contribution in [2.45, 2.75) is 52.4 Å². The van der Waals surface area contributed by atoms with Gasteiger partial charge in [0.15, 0.2) is 0 Å². The fourth-order valence-electron chi connectivity index (χ4n) is 1.67. The van der Waals surface area contributed by atoms with E-state index in [-0.39, 0.29) is 0 Å². The van der Waals surface area contributed by atoms with Crippen LogP contribution in [0.2, 0.25) is 0 Å². The van der Waals surface area contributed by atoms with Crippen LogP contribution in [0.15, 0.2) is 0 Å². The highest BCUT2D eigenvalue weighted by atomic mass is 16.5. The van der Waals surface area contributed by atoms with Crippen molar-refractivity contribution >= 4 is 0 Å². The average molecular weight is 171 g/mol. The second-order valence-electron chi connectivity index (χ2n) is 4.06. The highest BCUT2D eigenvalue weighted by Gasteiger charge is 2.27. The zero-order valence-electron chi connectivity index (χ0n) is 8.63. The lowest BCUT2D eigenvalue weighted by molar-refractivity contribution is -0.0792. The van der Waals surface area contributed by atoms with Crippen LogP contribution in [-0.4, -0.2) is 24.8 Å². The predicted molar refractivity (Wildman–Crippen MR) is 51.3 cm³/mol. The number of rotatable bonds is 2. The van der Waals surface area contributed by atoms with E-state index < -0.39 is 0 Å². The molecule has 1 aliphatic heterocycles. The molecule has 2 heteroatoms. The van der Waals surface area contributed by atoms with E-state index in [0.29, 0.717) is 24.2 Å². The normalized spacial score (nSPS) is 37.2. The van der Waals surface area contributed by atoms with Crippen LogP contribution in [0.1, 0.15) is 34.1 Å². The Morgan fingerprint density at radius 2 is 2.17 bits per heavy atom. The van der Waals surface area contributed by atoms with Crippen LogP contribution in [0.25, 0.3) is 0 Å². The summed E-state index contributed by atoms with van der Waals surface area (Å²) < 4.78 is 5.95. The molecule has 12 heavy (non-hydrogen) atoms.